The Morgan fingerprint density at radius 2 is 1.82 bits per heavy atom. The Kier molecular flexibility index (Phi) is 4.71. The fourth-order valence-electron chi connectivity index (χ4n) is 3.13. The molecule has 11 heteroatoms. The van der Waals surface area contributed by atoms with Crippen LogP contribution in [0.25, 0.3) is 22.6 Å². The minimum atomic E-state index is -1.31. The van der Waals surface area contributed by atoms with Crippen molar-refractivity contribution in [3.63, 3.8) is 0 Å². The maximum absolute atomic E-state index is 12.2. The first-order valence-electron chi connectivity index (χ1n) is 8.69. The summed E-state index contributed by atoms with van der Waals surface area (Å²) in [5.41, 5.74) is -0.613. The Bertz CT molecular complexity index is 1110. The van der Waals surface area contributed by atoms with Crippen molar-refractivity contribution in [1.82, 2.24) is 19.5 Å². The van der Waals surface area contributed by atoms with Gasteiger partial charge in [0.15, 0.2) is 23.0 Å². The van der Waals surface area contributed by atoms with Crippen molar-refractivity contribution in [2.24, 2.45) is 0 Å². The van der Waals surface area contributed by atoms with E-state index in [4.69, 9.17) is 14.6 Å². The van der Waals surface area contributed by atoms with Crippen molar-refractivity contribution < 1.29 is 24.8 Å². The van der Waals surface area contributed by atoms with Crippen molar-refractivity contribution in [2.75, 3.05) is 19.8 Å². The SMILES string of the molecule is O=c1nc2n(CC[C@H](O)[C@H](O)CO)c3cc4c(cc3nc-2c(=O)[nH]1)OCCO4. The number of H-pyrrole nitrogens is 1. The quantitative estimate of drug-likeness (QED) is 0.379. The lowest BCUT2D eigenvalue weighted by Gasteiger charge is -2.22. The predicted octanol–water partition coefficient (Wildman–Crippen LogP) is -1.54. The van der Waals surface area contributed by atoms with Gasteiger partial charge in [0.05, 0.1) is 23.7 Å². The molecule has 0 bridgehead atoms. The van der Waals surface area contributed by atoms with Crippen molar-refractivity contribution in [2.45, 2.75) is 25.2 Å². The number of aliphatic hydroxyl groups excluding tert-OH is 3. The maximum atomic E-state index is 12.2. The monoisotopic (exact) mass is 390 g/mol. The maximum Gasteiger partial charge on any atom is 0.349 e. The molecule has 3 aliphatic rings. The molecule has 0 amide bonds. The summed E-state index contributed by atoms with van der Waals surface area (Å²) in [6.07, 6.45) is -2.48. The summed E-state index contributed by atoms with van der Waals surface area (Å²) in [6.45, 7) is 0.275. The number of aryl methyl sites for hydroxylation is 1. The summed E-state index contributed by atoms with van der Waals surface area (Å²) >= 11 is 0. The highest BCUT2D eigenvalue weighted by Crippen LogP contribution is 2.35. The van der Waals surface area contributed by atoms with Crippen LogP contribution in [0.2, 0.25) is 0 Å². The standard InChI is InChI=1S/C17H18N4O7/c22-7-11(24)10(23)1-2-21-9-6-13-12(27-3-4-28-13)5-8(9)18-14-15(21)19-17(26)20-16(14)25/h5-6,10-11,22-24H,1-4,7H2,(H,20,25,26)/t10-,11+/m0/s1. The molecule has 0 saturated heterocycles. The molecule has 11 nitrogen and oxygen atoms in total. The zero-order valence-electron chi connectivity index (χ0n) is 14.7. The van der Waals surface area contributed by atoms with Crippen LogP contribution in [0.3, 0.4) is 0 Å². The van der Waals surface area contributed by atoms with Crippen LogP contribution in [0.4, 0.5) is 0 Å². The van der Waals surface area contributed by atoms with Crippen LogP contribution < -0.4 is 20.7 Å². The second-order valence-electron chi connectivity index (χ2n) is 6.40. The van der Waals surface area contributed by atoms with Crippen LogP contribution in [-0.2, 0) is 6.54 Å². The highest BCUT2D eigenvalue weighted by Gasteiger charge is 2.23. The lowest BCUT2D eigenvalue weighted by Crippen LogP contribution is -2.32. The summed E-state index contributed by atoms with van der Waals surface area (Å²) in [4.78, 5) is 34.2. The Labute approximate surface area is 157 Å². The average molecular weight is 390 g/mol. The molecular weight excluding hydrogens is 372 g/mol. The second-order valence-corrected chi connectivity index (χ2v) is 6.40. The molecule has 1 aromatic rings. The first kappa shape index (κ1) is 18.3. The molecule has 0 radical (unpaired) electrons. The molecule has 28 heavy (non-hydrogen) atoms. The Morgan fingerprint density at radius 3 is 2.54 bits per heavy atom. The lowest BCUT2D eigenvalue weighted by atomic mass is 10.1. The van der Waals surface area contributed by atoms with E-state index in [0.29, 0.717) is 35.7 Å². The van der Waals surface area contributed by atoms with Gasteiger partial charge in [0.2, 0.25) is 0 Å². The molecule has 148 valence electrons. The van der Waals surface area contributed by atoms with E-state index in [0.717, 1.165) is 0 Å². The number of aromatic nitrogens is 4. The molecule has 0 fully saturated rings. The average Bonchev–Trinajstić information content (AvgIpc) is 2.69. The summed E-state index contributed by atoms with van der Waals surface area (Å²) in [5.74, 6) is 1.01. The zero-order chi connectivity index (χ0) is 19.8. The summed E-state index contributed by atoms with van der Waals surface area (Å²) in [6, 6.07) is 3.29. The Morgan fingerprint density at radius 1 is 1.11 bits per heavy atom. The van der Waals surface area contributed by atoms with E-state index in [2.05, 4.69) is 15.0 Å². The van der Waals surface area contributed by atoms with Crippen LogP contribution in [0.1, 0.15) is 6.42 Å². The summed E-state index contributed by atoms with van der Waals surface area (Å²) in [7, 11) is 0. The van der Waals surface area contributed by atoms with Gasteiger partial charge < -0.3 is 29.4 Å². The van der Waals surface area contributed by atoms with Crippen LogP contribution in [0.5, 0.6) is 11.5 Å². The van der Waals surface area contributed by atoms with Gasteiger partial charge in [-0.2, -0.15) is 4.98 Å². The van der Waals surface area contributed by atoms with E-state index >= 15 is 0 Å². The molecule has 4 rings (SSSR count). The Balaban J connectivity index is 1.91. The highest BCUT2D eigenvalue weighted by atomic mass is 16.6. The van der Waals surface area contributed by atoms with Gasteiger partial charge in [-0.3, -0.25) is 9.78 Å². The third kappa shape index (κ3) is 3.19. The number of ether oxygens (including phenoxy) is 2. The van der Waals surface area contributed by atoms with E-state index in [1.165, 1.54) is 0 Å². The van der Waals surface area contributed by atoms with Crippen molar-refractivity contribution in [1.29, 1.82) is 0 Å². The first-order valence-corrected chi connectivity index (χ1v) is 8.69. The van der Waals surface area contributed by atoms with E-state index in [1.54, 1.807) is 16.7 Å². The van der Waals surface area contributed by atoms with Crippen LogP contribution >= 0.6 is 0 Å². The third-order valence-corrected chi connectivity index (χ3v) is 4.55. The van der Waals surface area contributed by atoms with Gasteiger partial charge in [-0.15, -0.1) is 0 Å². The summed E-state index contributed by atoms with van der Waals surface area (Å²) < 4.78 is 12.7. The first-order chi connectivity index (χ1) is 13.5. The van der Waals surface area contributed by atoms with E-state index in [-0.39, 0.29) is 24.5 Å². The topological polar surface area (TPSA) is 160 Å². The summed E-state index contributed by atoms with van der Waals surface area (Å²) in [5, 5.41) is 28.6. The number of nitrogens with one attached hydrogen (secondary N) is 1. The smallest absolute Gasteiger partial charge is 0.349 e. The largest absolute Gasteiger partial charge is 0.486 e. The molecular formula is C17H18N4O7. The number of rotatable bonds is 5. The van der Waals surface area contributed by atoms with Crippen molar-refractivity contribution in [3.8, 4) is 23.0 Å². The van der Waals surface area contributed by atoms with Gasteiger partial charge in [0, 0.05) is 18.7 Å². The molecule has 0 spiro atoms. The number of fused-ring (bicyclic) bond motifs is 3. The minimum absolute atomic E-state index is 0.0394. The van der Waals surface area contributed by atoms with Crippen LogP contribution in [0, 0.1) is 0 Å². The lowest BCUT2D eigenvalue weighted by molar-refractivity contribution is -0.0191. The normalized spacial score (nSPS) is 15.7. The molecule has 3 aliphatic heterocycles. The highest BCUT2D eigenvalue weighted by molar-refractivity contribution is 5.83. The van der Waals surface area contributed by atoms with Gasteiger partial charge in [-0.05, 0) is 6.42 Å². The number of hydrogen-bond acceptors (Lipinski definition) is 9. The molecule has 1 aromatic carbocycles. The van der Waals surface area contributed by atoms with E-state index in [9.17, 15) is 19.8 Å². The third-order valence-electron chi connectivity index (χ3n) is 4.55. The van der Waals surface area contributed by atoms with Crippen LogP contribution in [0.15, 0.2) is 21.7 Å². The molecule has 0 unspecified atom stereocenters. The van der Waals surface area contributed by atoms with Gasteiger partial charge in [0.25, 0.3) is 5.56 Å². The number of nitrogens with zero attached hydrogens (tertiary/aromatic N) is 3. The number of aliphatic hydroxyl groups is 3. The number of aromatic amines is 1. The fraction of sp³-hybridized carbons (Fsp3) is 0.412. The minimum Gasteiger partial charge on any atom is -0.486 e. The van der Waals surface area contributed by atoms with Crippen molar-refractivity contribution >= 4 is 11.0 Å². The molecule has 0 saturated carbocycles. The number of benzene rings is 1. The van der Waals surface area contributed by atoms with Crippen LogP contribution in [-0.4, -0.2) is 66.9 Å². The van der Waals surface area contributed by atoms with E-state index < -0.39 is 30.1 Å². The second kappa shape index (κ2) is 7.19. The molecule has 4 N–H and O–H groups in total. The van der Waals surface area contributed by atoms with Gasteiger partial charge in [0.1, 0.15) is 19.3 Å². The fourth-order valence-corrected chi connectivity index (χ4v) is 3.13. The van der Waals surface area contributed by atoms with E-state index in [1.807, 2.05) is 0 Å². The van der Waals surface area contributed by atoms with Gasteiger partial charge >= 0.3 is 5.69 Å². The zero-order valence-corrected chi connectivity index (χ0v) is 14.7. The van der Waals surface area contributed by atoms with Gasteiger partial charge in [-0.25, -0.2) is 9.78 Å². The molecule has 3 heterocycles. The molecule has 0 aliphatic carbocycles. The number of hydrogen-bond donors (Lipinski definition) is 4. The molecule has 0 aromatic heterocycles. The van der Waals surface area contributed by atoms with Gasteiger partial charge in [-0.1, -0.05) is 0 Å². The molecule has 2 atom stereocenters. The Hall–Kier alpha value is -3.02. The van der Waals surface area contributed by atoms with Crippen molar-refractivity contribution in [3.05, 3.63) is 33.0 Å². The predicted molar refractivity (Wildman–Crippen MR) is 95.7 cm³/mol.